The van der Waals surface area contributed by atoms with Crippen LogP contribution in [0.1, 0.15) is 12.5 Å². The fourth-order valence-corrected chi connectivity index (χ4v) is 4.35. The van der Waals surface area contributed by atoms with E-state index in [1.807, 2.05) is 0 Å². The maximum Gasteiger partial charge on any atom is 0.291 e. The van der Waals surface area contributed by atoms with Gasteiger partial charge in [0, 0.05) is 18.7 Å². The minimum absolute atomic E-state index is 0.0719. The largest absolute Gasteiger partial charge is 0.504 e. The highest BCUT2D eigenvalue weighted by molar-refractivity contribution is 7.94. The van der Waals surface area contributed by atoms with E-state index in [2.05, 4.69) is 25.2 Å². The Bertz CT molecular complexity index is 1210. The fraction of sp³-hybridized carbons (Fsp3) is 0.111. The summed E-state index contributed by atoms with van der Waals surface area (Å²) in [5.41, 5.74) is 0.915. The molecule has 1 heterocycles. The van der Waals surface area contributed by atoms with E-state index in [1.54, 1.807) is 36.4 Å². The van der Waals surface area contributed by atoms with Crippen LogP contribution in [0.4, 0.5) is 16.5 Å². The number of amides is 1. The van der Waals surface area contributed by atoms with Gasteiger partial charge in [-0.3, -0.25) is 14.5 Å². The minimum Gasteiger partial charge on any atom is -0.504 e. The highest BCUT2D eigenvalue weighted by atomic mass is 32.2. The number of rotatable bonds is 7. The summed E-state index contributed by atoms with van der Waals surface area (Å²) in [6.45, 7) is 1.28. The molecule has 0 saturated carbocycles. The molecule has 0 aliphatic heterocycles. The van der Waals surface area contributed by atoms with Crippen LogP contribution in [-0.4, -0.2) is 43.0 Å². The highest BCUT2D eigenvalue weighted by Gasteiger charge is 2.22. The lowest BCUT2D eigenvalue weighted by Crippen LogP contribution is -2.12. The number of hydrogen-bond acceptors (Lipinski definition) is 9. The lowest BCUT2D eigenvalue weighted by molar-refractivity contribution is -0.114. The molecule has 156 valence electrons. The van der Waals surface area contributed by atoms with Gasteiger partial charge in [0.15, 0.2) is 11.5 Å². The average Bonchev–Trinajstić information content (AvgIpc) is 3.17. The van der Waals surface area contributed by atoms with Crippen molar-refractivity contribution in [1.82, 2.24) is 10.2 Å². The SMILES string of the molecule is COc1cccc(C=Nc2ccccc2NS(=O)(=O)c2nnc(NC(C)=O)s2)c1O. The molecule has 10 nitrogen and oxygen atoms in total. The third-order valence-corrected chi connectivity index (χ3v) is 6.23. The van der Waals surface area contributed by atoms with E-state index in [9.17, 15) is 18.3 Å². The molecular formula is C18H17N5O5S2. The van der Waals surface area contributed by atoms with E-state index in [-0.39, 0.29) is 26.8 Å². The van der Waals surface area contributed by atoms with Crippen LogP contribution in [-0.2, 0) is 14.8 Å². The number of ether oxygens (including phenoxy) is 1. The van der Waals surface area contributed by atoms with Gasteiger partial charge >= 0.3 is 0 Å². The van der Waals surface area contributed by atoms with E-state index < -0.39 is 10.0 Å². The molecule has 0 atom stereocenters. The Labute approximate surface area is 176 Å². The molecule has 12 heteroatoms. The fourth-order valence-electron chi connectivity index (χ4n) is 2.33. The van der Waals surface area contributed by atoms with E-state index in [0.717, 1.165) is 11.3 Å². The van der Waals surface area contributed by atoms with E-state index >= 15 is 0 Å². The zero-order valence-corrected chi connectivity index (χ0v) is 17.5. The number of para-hydroxylation sites is 3. The third kappa shape index (κ3) is 4.90. The molecule has 3 N–H and O–H groups in total. The van der Waals surface area contributed by atoms with Crippen molar-refractivity contribution in [3.8, 4) is 11.5 Å². The van der Waals surface area contributed by atoms with E-state index in [0.29, 0.717) is 17.0 Å². The Morgan fingerprint density at radius 1 is 1.20 bits per heavy atom. The molecule has 0 unspecified atom stereocenters. The monoisotopic (exact) mass is 447 g/mol. The molecule has 0 aliphatic rings. The van der Waals surface area contributed by atoms with Crippen LogP contribution in [0.3, 0.4) is 0 Å². The maximum atomic E-state index is 12.6. The van der Waals surface area contributed by atoms with Gasteiger partial charge in [-0.15, -0.1) is 10.2 Å². The second-order valence-electron chi connectivity index (χ2n) is 5.83. The summed E-state index contributed by atoms with van der Waals surface area (Å²) in [6, 6.07) is 11.4. The van der Waals surface area contributed by atoms with Crippen molar-refractivity contribution in [3.05, 3.63) is 48.0 Å². The number of anilines is 2. The highest BCUT2D eigenvalue weighted by Crippen LogP contribution is 2.31. The average molecular weight is 447 g/mol. The number of nitrogens with one attached hydrogen (secondary N) is 2. The van der Waals surface area contributed by atoms with Gasteiger partial charge in [-0.25, -0.2) is 0 Å². The van der Waals surface area contributed by atoms with Gasteiger partial charge in [0.1, 0.15) is 0 Å². The number of aromatic nitrogens is 2. The number of nitrogens with zero attached hydrogens (tertiary/aromatic N) is 3. The number of methoxy groups -OCH3 is 1. The van der Waals surface area contributed by atoms with Gasteiger partial charge in [-0.1, -0.05) is 29.5 Å². The number of sulfonamides is 1. The Morgan fingerprint density at radius 2 is 1.97 bits per heavy atom. The molecule has 0 saturated heterocycles. The number of benzene rings is 2. The Morgan fingerprint density at radius 3 is 2.70 bits per heavy atom. The second kappa shape index (κ2) is 8.88. The first kappa shape index (κ1) is 21.2. The van der Waals surface area contributed by atoms with Crippen LogP contribution in [0.2, 0.25) is 0 Å². The number of carbonyl (C=O) groups is 1. The van der Waals surface area contributed by atoms with Crippen LogP contribution < -0.4 is 14.8 Å². The normalized spacial score (nSPS) is 11.4. The minimum atomic E-state index is -4.05. The van der Waals surface area contributed by atoms with Crippen molar-refractivity contribution in [3.63, 3.8) is 0 Å². The zero-order valence-electron chi connectivity index (χ0n) is 15.9. The summed E-state index contributed by atoms with van der Waals surface area (Å²) < 4.78 is 32.4. The lowest BCUT2D eigenvalue weighted by atomic mass is 10.2. The molecular weight excluding hydrogens is 430 g/mol. The number of carbonyl (C=O) groups excluding carboxylic acids is 1. The molecule has 3 rings (SSSR count). The van der Waals surface area contributed by atoms with Gasteiger partial charge in [-0.05, 0) is 24.3 Å². The first-order chi connectivity index (χ1) is 14.3. The quantitative estimate of drug-likeness (QED) is 0.373. The summed E-state index contributed by atoms with van der Waals surface area (Å²) in [5.74, 6) is -0.177. The second-order valence-corrected chi connectivity index (χ2v) is 8.67. The Hall–Kier alpha value is -3.51. The van der Waals surface area contributed by atoms with Crippen LogP contribution in [0.25, 0.3) is 0 Å². The van der Waals surface area contributed by atoms with E-state index in [1.165, 1.54) is 26.3 Å². The van der Waals surface area contributed by atoms with Crippen molar-refractivity contribution in [2.75, 3.05) is 17.1 Å². The molecule has 0 spiro atoms. The molecule has 0 fully saturated rings. The summed E-state index contributed by atoms with van der Waals surface area (Å²) in [7, 11) is -2.62. The van der Waals surface area contributed by atoms with Gasteiger partial charge in [-0.2, -0.15) is 8.42 Å². The first-order valence-electron chi connectivity index (χ1n) is 8.43. The molecule has 0 bridgehead atoms. The van der Waals surface area contributed by atoms with Crippen LogP contribution in [0.5, 0.6) is 11.5 Å². The van der Waals surface area contributed by atoms with Crippen LogP contribution in [0.15, 0.2) is 51.8 Å². The van der Waals surface area contributed by atoms with Crippen molar-refractivity contribution in [1.29, 1.82) is 0 Å². The molecule has 0 aliphatic carbocycles. The molecule has 2 aromatic carbocycles. The predicted octanol–water partition coefficient (Wildman–Crippen LogP) is 2.76. The summed E-state index contributed by atoms with van der Waals surface area (Å²) in [5, 5.41) is 19.9. The summed E-state index contributed by atoms with van der Waals surface area (Å²) in [6.07, 6.45) is 1.39. The van der Waals surface area contributed by atoms with Gasteiger partial charge in [0.2, 0.25) is 11.0 Å². The molecule has 1 aromatic heterocycles. The van der Waals surface area contributed by atoms with Gasteiger partial charge in [0.05, 0.1) is 18.5 Å². The zero-order chi connectivity index (χ0) is 21.7. The lowest BCUT2D eigenvalue weighted by Gasteiger charge is -2.08. The van der Waals surface area contributed by atoms with Crippen molar-refractivity contribution in [2.24, 2.45) is 4.99 Å². The molecule has 1 amide bonds. The maximum absolute atomic E-state index is 12.6. The Balaban J connectivity index is 1.87. The topological polar surface area (TPSA) is 143 Å². The summed E-state index contributed by atoms with van der Waals surface area (Å²) in [4.78, 5) is 15.4. The smallest absolute Gasteiger partial charge is 0.291 e. The van der Waals surface area contributed by atoms with Crippen molar-refractivity contribution >= 4 is 50.0 Å². The van der Waals surface area contributed by atoms with Crippen LogP contribution in [0, 0.1) is 0 Å². The number of aliphatic imine (C=N–C) groups is 1. The first-order valence-corrected chi connectivity index (χ1v) is 10.7. The Kier molecular flexibility index (Phi) is 6.28. The van der Waals surface area contributed by atoms with Gasteiger partial charge < -0.3 is 15.2 Å². The molecule has 0 radical (unpaired) electrons. The summed E-state index contributed by atoms with van der Waals surface area (Å²) >= 11 is 0.720. The van der Waals surface area contributed by atoms with Gasteiger partial charge in [0.25, 0.3) is 14.4 Å². The molecule has 30 heavy (non-hydrogen) atoms. The van der Waals surface area contributed by atoms with Crippen molar-refractivity contribution < 1.29 is 23.1 Å². The third-order valence-electron chi connectivity index (χ3n) is 3.66. The molecule has 3 aromatic rings. The van der Waals surface area contributed by atoms with E-state index in [4.69, 9.17) is 4.74 Å². The number of hydrogen-bond donors (Lipinski definition) is 3. The number of phenols is 1. The number of aromatic hydroxyl groups is 1. The standard InChI is InChI=1S/C18H17N5O5S2/c1-11(24)20-17-21-22-18(29-17)30(26,27)23-14-8-4-3-7-13(14)19-10-12-6-5-9-15(28-2)16(12)25/h3-10,23,25H,1-2H3,(H,20,21,24). The number of phenolic OH excluding ortho intramolecular Hbond substituents is 1. The van der Waals surface area contributed by atoms with Crippen molar-refractivity contribution in [2.45, 2.75) is 11.3 Å². The predicted molar refractivity (Wildman–Crippen MR) is 113 cm³/mol. The van der Waals surface area contributed by atoms with Crippen LogP contribution >= 0.6 is 11.3 Å².